The highest BCUT2D eigenvalue weighted by atomic mass is 19.1. The van der Waals surface area contributed by atoms with Crippen LogP contribution in [0.15, 0.2) is 12.3 Å². The Morgan fingerprint density at radius 3 is 2.89 bits per heavy atom. The highest BCUT2D eigenvalue weighted by Crippen LogP contribution is 2.37. The molecule has 0 aromatic carbocycles. The summed E-state index contributed by atoms with van der Waals surface area (Å²) in [6, 6.07) is 0.845. The summed E-state index contributed by atoms with van der Waals surface area (Å²) in [6.45, 7) is 2.03. The third-order valence-corrected chi connectivity index (χ3v) is 3.83. The van der Waals surface area contributed by atoms with E-state index in [0.29, 0.717) is 18.8 Å². The fraction of sp³-hybridized carbons (Fsp3) is 0.571. The first kappa shape index (κ1) is 14.1. The molecule has 0 spiro atoms. The summed E-state index contributed by atoms with van der Waals surface area (Å²) in [7, 11) is 1.45. The zero-order valence-electron chi connectivity index (χ0n) is 11.1. The molecule has 1 aromatic rings. The van der Waals surface area contributed by atoms with Crippen molar-refractivity contribution in [2.75, 3.05) is 7.11 Å². The van der Waals surface area contributed by atoms with E-state index >= 15 is 0 Å². The topological polar surface area (TPSA) is 39.2 Å². The Morgan fingerprint density at radius 2 is 2.26 bits per heavy atom. The molecule has 0 bridgehead atoms. The maximum atomic E-state index is 13.7. The van der Waals surface area contributed by atoms with E-state index in [1.54, 1.807) is 0 Å². The van der Waals surface area contributed by atoms with Crippen molar-refractivity contribution in [1.82, 2.24) is 4.98 Å². The Labute approximate surface area is 111 Å². The van der Waals surface area contributed by atoms with Gasteiger partial charge in [-0.15, -0.1) is 0 Å². The summed E-state index contributed by atoms with van der Waals surface area (Å²) in [4.78, 5) is 15.7. The smallest absolute Gasteiger partial charge is 0.213 e. The molecule has 19 heavy (non-hydrogen) atoms. The number of rotatable bonds is 3. The van der Waals surface area contributed by atoms with Crippen molar-refractivity contribution in [1.29, 1.82) is 0 Å². The summed E-state index contributed by atoms with van der Waals surface area (Å²) in [5.41, 5.74) is -1.31. The number of halogens is 2. The van der Waals surface area contributed by atoms with Gasteiger partial charge >= 0.3 is 0 Å². The minimum Gasteiger partial charge on any atom is -0.370 e. The zero-order chi connectivity index (χ0) is 14.0. The molecule has 0 N–H and O–H groups in total. The van der Waals surface area contributed by atoms with E-state index in [4.69, 9.17) is 4.74 Å². The first-order valence-electron chi connectivity index (χ1n) is 6.39. The van der Waals surface area contributed by atoms with Crippen molar-refractivity contribution in [2.24, 2.45) is 5.92 Å². The monoisotopic (exact) mass is 269 g/mol. The van der Waals surface area contributed by atoms with Crippen LogP contribution in [-0.2, 0) is 4.74 Å². The van der Waals surface area contributed by atoms with Crippen LogP contribution in [0.4, 0.5) is 8.78 Å². The number of ketones is 1. The molecule has 1 aliphatic rings. The van der Waals surface area contributed by atoms with Crippen LogP contribution < -0.4 is 0 Å². The van der Waals surface area contributed by atoms with E-state index < -0.39 is 23.1 Å². The first-order chi connectivity index (χ1) is 8.98. The molecule has 3 nitrogen and oxygen atoms in total. The predicted octanol–water partition coefficient (Wildman–Crippen LogP) is 3.14. The minimum absolute atomic E-state index is 0.275. The van der Waals surface area contributed by atoms with E-state index in [1.807, 2.05) is 6.92 Å². The van der Waals surface area contributed by atoms with Gasteiger partial charge in [-0.25, -0.2) is 9.37 Å². The van der Waals surface area contributed by atoms with Crippen molar-refractivity contribution in [3.05, 3.63) is 29.6 Å². The van der Waals surface area contributed by atoms with Gasteiger partial charge in [0.1, 0.15) is 5.60 Å². The minimum atomic E-state index is -1.04. The molecule has 104 valence electrons. The van der Waals surface area contributed by atoms with Crippen molar-refractivity contribution in [3.63, 3.8) is 0 Å². The summed E-state index contributed by atoms with van der Waals surface area (Å²) in [6.07, 6.45) is 3.67. The lowest BCUT2D eigenvalue weighted by Crippen LogP contribution is -2.45. The lowest BCUT2D eigenvalue weighted by molar-refractivity contribution is -0.0305. The number of hydrogen-bond acceptors (Lipinski definition) is 3. The molecule has 5 heteroatoms. The van der Waals surface area contributed by atoms with E-state index in [2.05, 4.69) is 4.98 Å². The third kappa shape index (κ3) is 2.66. The molecule has 2 atom stereocenters. The zero-order valence-corrected chi connectivity index (χ0v) is 11.1. The van der Waals surface area contributed by atoms with E-state index in [1.165, 1.54) is 7.11 Å². The van der Waals surface area contributed by atoms with Gasteiger partial charge < -0.3 is 4.74 Å². The lowest BCUT2D eigenvalue weighted by atomic mass is 9.75. The molecule has 1 fully saturated rings. The number of aromatic nitrogens is 1. The maximum absolute atomic E-state index is 13.7. The number of nitrogens with zero attached hydrogens (tertiary/aromatic N) is 1. The standard InChI is InChI=1S/C14H17F2NO2/c1-9-4-3-5-14(7-9,19-2)13(18)10-6-12(16)17-8-11(10)15/h6,8-9H,3-5,7H2,1-2H3. The number of carbonyl (C=O) groups is 1. The molecule has 2 unspecified atom stereocenters. The number of pyridine rings is 1. The quantitative estimate of drug-likeness (QED) is 0.625. The van der Waals surface area contributed by atoms with Crippen LogP contribution in [0, 0.1) is 17.7 Å². The van der Waals surface area contributed by atoms with Crippen molar-refractivity contribution in [2.45, 2.75) is 38.2 Å². The van der Waals surface area contributed by atoms with Gasteiger partial charge in [0.2, 0.25) is 5.95 Å². The number of Topliss-reactive ketones (excluding diaryl/α,β-unsaturated/α-hetero) is 1. The molecule has 0 saturated heterocycles. The second kappa shape index (κ2) is 5.33. The Morgan fingerprint density at radius 1 is 1.53 bits per heavy atom. The van der Waals surface area contributed by atoms with Crippen LogP contribution in [-0.4, -0.2) is 23.5 Å². The molecule has 2 rings (SSSR count). The fourth-order valence-electron chi connectivity index (χ4n) is 2.82. The van der Waals surface area contributed by atoms with Crippen LogP contribution in [0.3, 0.4) is 0 Å². The van der Waals surface area contributed by atoms with E-state index in [0.717, 1.165) is 25.1 Å². The normalized spacial score (nSPS) is 27.3. The van der Waals surface area contributed by atoms with Crippen molar-refractivity contribution in [3.8, 4) is 0 Å². The van der Waals surface area contributed by atoms with Gasteiger partial charge in [-0.05, 0) is 25.2 Å². The summed E-state index contributed by atoms with van der Waals surface area (Å²) >= 11 is 0. The molecule has 0 aliphatic heterocycles. The molecule has 1 heterocycles. The molecule has 0 amide bonds. The number of methoxy groups -OCH3 is 1. The van der Waals surface area contributed by atoms with Gasteiger partial charge in [0, 0.05) is 13.2 Å². The van der Waals surface area contributed by atoms with Crippen molar-refractivity contribution >= 4 is 5.78 Å². The Bertz CT molecular complexity index is 492. The summed E-state index contributed by atoms with van der Waals surface area (Å²) in [5.74, 6) is -1.83. The van der Waals surface area contributed by atoms with Gasteiger partial charge in [-0.1, -0.05) is 13.3 Å². The summed E-state index contributed by atoms with van der Waals surface area (Å²) < 4.78 is 32.2. The molecule has 1 saturated carbocycles. The Balaban J connectivity index is 2.37. The SMILES string of the molecule is COC1(C(=O)c2cc(F)ncc2F)CCCC(C)C1. The molecule has 1 aromatic heterocycles. The average Bonchev–Trinajstić information content (AvgIpc) is 2.40. The van der Waals surface area contributed by atoms with E-state index in [9.17, 15) is 13.6 Å². The maximum Gasteiger partial charge on any atom is 0.213 e. The van der Waals surface area contributed by atoms with Crippen molar-refractivity contribution < 1.29 is 18.3 Å². The summed E-state index contributed by atoms with van der Waals surface area (Å²) in [5, 5.41) is 0. The van der Waals surface area contributed by atoms with Crippen LogP contribution in [0.2, 0.25) is 0 Å². The van der Waals surface area contributed by atoms with E-state index in [-0.39, 0.29) is 5.56 Å². The molecular formula is C14H17F2NO2. The molecule has 1 aliphatic carbocycles. The van der Waals surface area contributed by atoms with Crippen LogP contribution in [0.25, 0.3) is 0 Å². The van der Waals surface area contributed by atoms with Gasteiger partial charge in [0.25, 0.3) is 0 Å². The van der Waals surface area contributed by atoms with Crippen LogP contribution >= 0.6 is 0 Å². The highest BCUT2D eigenvalue weighted by molar-refractivity contribution is 6.02. The third-order valence-electron chi connectivity index (χ3n) is 3.83. The predicted molar refractivity (Wildman–Crippen MR) is 65.9 cm³/mol. The lowest BCUT2D eigenvalue weighted by Gasteiger charge is -2.37. The highest BCUT2D eigenvalue weighted by Gasteiger charge is 2.43. The number of ether oxygens (including phenoxy) is 1. The fourth-order valence-corrected chi connectivity index (χ4v) is 2.82. The molecular weight excluding hydrogens is 252 g/mol. The van der Waals surface area contributed by atoms with Gasteiger partial charge in [-0.2, -0.15) is 4.39 Å². The number of carbonyl (C=O) groups excluding carboxylic acids is 1. The average molecular weight is 269 g/mol. The largest absolute Gasteiger partial charge is 0.370 e. The first-order valence-corrected chi connectivity index (χ1v) is 6.39. The second-order valence-corrected chi connectivity index (χ2v) is 5.22. The Hall–Kier alpha value is -1.36. The van der Waals surface area contributed by atoms with Gasteiger partial charge in [-0.3, -0.25) is 4.79 Å². The van der Waals surface area contributed by atoms with Gasteiger partial charge in [0.15, 0.2) is 11.6 Å². The van der Waals surface area contributed by atoms with Gasteiger partial charge in [0.05, 0.1) is 11.8 Å². The van der Waals surface area contributed by atoms with Crippen LogP contribution in [0.1, 0.15) is 43.0 Å². The number of hydrogen-bond donors (Lipinski definition) is 0. The Kier molecular flexibility index (Phi) is 3.94. The second-order valence-electron chi connectivity index (χ2n) is 5.22. The van der Waals surface area contributed by atoms with Crippen LogP contribution in [0.5, 0.6) is 0 Å². The molecule has 0 radical (unpaired) electrons.